The maximum absolute atomic E-state index is 12.4. The molecule has 0 radical (unpaired) electrons. The van der Waals surface area contributed by atoms with E-state index in [0.29, 0.717) is 13.0 Å². The number of carbonyl (C=O) groups is 2. The molecule has 1 N–H and O–H groups in total. The standard InChI is InChI=1S/C15H21N3O2S/c1-10(14-16-6-7-21-14)9-17-12-8-13(19)18(15(12)20)11-4-2-3-5-11/h6-7,10-12,17H,2-5,8-9H2,1H3. The Kier molecular flexibility index (Phi) is 4.35. The van der Waals surface area contributed by atoms with Crippen molar-refractivity contribution in [2.24, 2.45) is 0 Å². The summed E-state index contributed by atoms with van der Waals surface area (Å²) in [5.74, 6) is 0.220. The number of thiazole rings is 1. The summed E-state index contributed by atoms with van der Waals surface area (Å²) in [5, 5.41) is 6.28. The minimum atomic E-state index is -0.347. The van der Waals surface area contributed by atoms with Gasteiger partial charge in [0.2, 0.25) is 11.8 Å². The summed E-state index contributed by atoms with van der Waals surface area (Å²) < 4.78 is 0. The third kappa shape index (κ3) is 3.01. The van der Waals surface area contributed by atoms with Crippen LogP contribution in [-0.2, 0) is 9.59 Å². The Balaban J connectivity index is 1.57. The molecule has 2 heterocycles. The maximum atomic E-state index is 12.4. The van der Waals surface area contributed by atoms with E-state index < -0.39 is 0 Å². The highest BCUT2D eigenvalue weighted by Crippen LogP contribution is 2.28. The van der Waals surface area contributed by atoms with Gasteiger partial charge in [-0.05, 0) is 12.8 Å². The smallest absolute Gasteiger partial charge is 0.247 e. The summed E-state index contributed by atoms with van der Waals surface area (Å²) in [5.41, 5.74) is 0. The number of likely N-dealkylation sites (tertiary alicyclic amines) is 1. The van der Waals surface area contributed by atoms with Crippen LogP contribution in [0.25, 0.3) is 0 Å². The van der Waals surface area contributed by atoms with E-state index in [1.54, 1.807) is 17.5 Å². The van der Waals surface area contributed by atoms with Crippen LogP contribution in [0.15, 0.2) is 11.6 Å². The first-order valence-corrected chi connectivity index (χ1v) is 8.53. The van der Waals surface area contributed by atoms with Gasteiger partial charge in [0.15, 0.2) is 0 Å². The zero-order valence-electron chi connectivity index (χ0n) is 12.2. The van der Waals surface area contributed by atoms with Gasteiger partial charge in [-0.15, -0.1) is 11.3 Å². The van der Waals surface area contributed by atoms with Crippen LogP contribution in [0.1, 0.15) is 50.0 Å². The Morgan fingerprint density at radius 2 is 2.19 bits per heavy atom. The van der Waals surface area contributed by atoms with Gasteiger partial charge in [0.25, 0.3) is 0 Å². The number of nitrogens with one attached hydrogen (secondary N) is 1. The number of nitrogens with zero attached hydrogens (tertiary/aromatic N) is 2. The van der Waals surface area contributed by atoms with E-state index >= 15 is 0 Å². The highest BCUT2D eigenvalue weighted by atomic mass is 32.1. The van der Waals surface area contributed by atoms with Crippen LogP contribution in [0.2, 0.25) is 0 Å². The van der Waals surface area contributed by atoms with Gasteiger partial charge in [0.05, 0.1) is 17.5 Å². The Hall–Kier alpha value is -1.27. The number of hydrogen-bond acceptors (Lipinski definition) is 5. The zero-order chi connectivity index (χ0) is 14.8. The predicted octanol–water partition coefficient (Wildman–Crippen LogP) is 1.91. The lowest BCUT2D eigenvalue weighted by Crippen LogP contribution is -2.43. The molecule has 2 fully saturated rings. The molecule has 1 aliphatic carbocycles. The second-order valence-electron chi connectivity index (χ2n) is 5.98. The first-order valence-electron chi connectivity index (χ1n) is 7.65. The molecule has 2 atom stereocenters. The fourth-order valence-corrected chi connectivity index (χ4v) is 3.94. The third-order valence-corrected chi connectivity index (χ3v) is 5.42. The van der Waals surface area contributed by atoms with Crippen molar-refractivity contribution in [3.05, 3.63) is 16.6 Å². The molecule has 0 bridgehead atoms. The number of rotatable bonds is 5. The molecule has 1 saturated heterocycles. The Bertz CT molecular complexity index is 511. The second-order valence-corrected chi connectivity index (χ2v) is 6.90. The Morgan fingerprint density at radius 3 is 2.86 bits per heavy atom. The summed E-state index contributed by atoms with van der Waals surface area (Å²) in [6.45, 7) is 2.76. The van der Waals surface area contributed by atoms with E-state index in [4.69, 9.17) is 0 Å². The molecule has 1 saturated carbocycles. The summed E-state index contributed by atoms with van der Waals surface area (Å²) in [6.07, 6.45) is 6.30. The summed E-state index contributed by atoms with van der Waals surface area (Å²) >= 11 is 1.62. The molecule has 3 rings (SSSR count). The second kappa shape index (κ2) is 6.23. The molecule has 1 aromatic rings. The topological polar surface area (TPSA) is 62.3 Å². The number of amides is 2. The van der Waals surface area contributed by atoms with Gasteiger partial charge in [-0.3, -0.25) is 14.5 Å². The van der Waals surface area contributed by atoms with Crippen molar-refractivity contribution in [2.75, 3.05) is 6.54 Å². The van der Waals surface area contributed by atoms with Gasteiger partial charge in [0, 0.05) is 30.1 Å². The van der Waals surface area contributed by atoms with Crippen LogP contribution in [0, 0.1) is 0 Å². The highest BCUT2D eigenvalue weighted by molar-refractivity contribution is 7.09. The maximum Gasteiger partial charge on any atom is 0.247 e. The normalized spacial score (nSPS) is 25.0. The van der Waals surface area contributed by atoms with E-state index in [9.17, 15) is 9.59 Å². The fraction of sp³-hybridized carbons (Fsp3) is 0.667. The molecule has 21 heavy (non-hydrogen) atoms. The van der Waals surface area contributed by atoms with Gasteiger partial charge in [-0.2, -0.15) is 0 Å². The SMILES string of the molecule is CC(CNC1CC(=O)N(C2CCCC2)C1=O)c1nccs1. The van der Waals surface area contributed by atoms with Gasteiger partial charge in [-0.25, -0.2) is 4.98 Å². The van der Waals surface area contributed by atoms with Crippen molar-refractivity contribution in [3.63, 3.8) is 0 Å². The van der Waals surface area contributed by atoms with Gasteiger partial charge >= 0.3 is 0 Å². The number of carbonyl (C=O) groups excluding carboxylic acids is 2. The average molecular weight is 307 g/mol. The fourth-order valence-electron chi connectivity index (χ4n) is 3.24. The molecular formula is C15H21N3O2S. The molecule has 6 heteroatoms. The number of hydrogen-bond donors (Lipinski definition) is 1. The lowest BCUT2D eigenvalue weighted by Gasteiger charge is -2.22. The van der Waals surface area contributed by atoms with Crippen LogP contribution in [0.5, 0.6) is 0 Å². The van der Waals surface area contributed by atoms with Crippen molar-refractivity contribution in [3.8, 4) is 0 Å². The number of imide groups is 1. The van der Waals surface area contributed by atoms with Gasteiger partial charge in [-0.1, -0.05) is 19.8 Å². The molecular weight excluding hydrogens is 286 g/mol. The monoisotopic (exact) mass is 307 g/mol. The minimum Gasteiger partial charge on any atom is -0.305 e. The molecule has 1 aliphatic heterocycles. The molecule has 2 unspecified atom stereocenters. The first kappa shape index (κ1) is 14.7. The molecule has 2 aliphatic rings. The van der Waals surface area contributed by atoms with Crippen molar-refractivity contribution in [1.82, 2.24) is 15.2 Å². The lowest BCUT2D eigenvalue weighted by atomic mass is 10.1. The van der Waals surface area contributed by atoms with E-state index in [1.165, 1.54) is 4.90 Å². The predicted molar refractivity (Wildman–Crippen MR) is 81.0 cm³/mol. The molecule has 2 amide bonds. The van der Waals surface area contributed by atoms with Crippen molar-refractivity contribution in [1.29, 1.82) is 0 Å². The highest BCUT2D eigenvalue weighted by Gasteiger charge is 2.42. The summed E-state index contributed by atoms with van der Waals surface area (Å²) in [4.78, 5) is 30.4. The van der Waals surface area contributed by atoms with Gasteiger partial charge in [0.1, 0.15) is 0 Å². The van der Waals surface area contributed by atoms with Crippen LogP contribution in [0.4, 0.5) is 0 Å². The minimum absolute atomic E-state index is 0.00805. The summed E-state index contributed by atoms with van der Waals surface area (Å²) in [6, 6.07) is -0.200. The van der Waals surface area contributed by atoms with E-state index in [0.717, 1.165) is 30.7 Å². The van der Waals surface area contributed by atoms with E-state index in [1.807, 2.05) is 5.38 Å². The lowest BCUT2D eigenvalue weighted by molar-refractivity contribution is -0.141. The molecule has 1 aromatic heterocycles. The summed E-state index contributed by atoms with van der Waals surface area (Å²) in [7, 11) is 0. The van der Waals surface area contributed by atoms with Crippen molar-refractivity contribution >= 4 is 23.2 Å². The van der Waals surface area contributed by atoms with E-state index in [-0.39, 0.29) is 29.8 Å². The van der Waals surface area contributed by atoms with Crippen molar-refractivity contribution < 1.29 is 9.59 Å². The van der Waals surface area contributed by atoms with Crippen LogP contribution < -0.4 is 5.32 Å². The third-order valence-electron chi connectivity index (χ3n) is 4.42. The van der Waals surface area contributed by atoms with E-state index in [2.05, 4.69) is 17.2 Å². The van der Waals surface area contributed by atoms with Crippen LogP contribution in [0.3, 0.4) is 0 Å². The zero-order valence-corrected chi connectivity index (χ0v) is 13.1. The quantitative estimate of drug-likeness (QED) is 0.844. The average Bonchev–Trinajstić information content (AvgIpc) is 3.17. The Morgan fingerprint density at radius 1 is 1.43 bits per heavy atom. The molecule has 114 valence electrons. The van der Waals surface area contributed by atoms with Gasteiger partial charge < -0.3 is 5.32 Å². The Labute approximate surface area is 128 Å². The largest absolute Gasteiger partial charge is 0.305 e. The molecule has 5 nitrogen and oxygen atoms in total. The first-order chi connectivity index (χ1) is 10.2. The molecule has 0 aromatic carbocycles. The van der Waals surface area contributed by atoms with Crippen molar-refractivity contribution in [2.45, 2.75) is 57.0 Å². The molecule has 0 spiro atoms. The number of aromatic nitrogens is 1. The van der Waals surface area contributed by atoms with Crippen LogP contribution in [-0.4, -0.2) is 40.3 Å². The van der Waals surface area contributed by atoms with Crippen LogP contribution >= 0.6 is 11.3 Å².